The second-order valence-electron chi connectivity index (χ2n) is 8.23. The molecule has 0 amide bonds. The number of halogens is 3. The third-order valence-corrected chi connectivity index (χ3v) is 5.77. The second kappa shape index (κ2) is 7.41. The Kier molecular flexibility index (Phi) is 4.75. The number of rotatable bonds is 4. The van der Waals surface area contributed by atoms with Gasteiger partial charge in [0.05, 0.1) is 16.6 Å². The van der Waals surface area contributed by atoms with E-state index in [1.54, 1.807) is 24.3 Å². The number of pyridine rings is 1. The first-order chi connectivity index (χ1) is 15.6. The van der Waals surface area contributed by atoms with Crippen molar-refractivity contribution in [2.45, 2.75) is 12.7 Å². The molecule has 0 spiro atoms. The van der Waals surface area contributed by atoms with Crippen LogP contribution in [0.2, 0.25) is 0 Å². The first kappa shape index (κ1) is 21.1. The lowest BCUT2D eigenvalue weighted by Crippen LogP contribution is -2.27. The lowest BCUT2D eigenvalue weighted by Gasteiger charge is -2.16. The summed E-state index contributed by atoms with van der Waals surface area (Å²) in [6.45, 7) is 0.882. The van der Waals surface area contributed by atoms with Crippen molar-refractivity contribution < 1.29 is 18.3 Å². The van der Waals surface area contributed by atoms with Crippen LogP contribution in [-0.4, -0.2) is 41.0 Å². The predicted molar refractivity (Wildman–Crippen MR) is 120 cm³/mol. The van der Waals surface area contributed by atoms with E-state index in [1.165, 1.54) is 16.7 Å². The summed E-state index contributed by atoms with van der Waals surface area (Å²) in [5.41, 5.74) is -0.120. The van der Waals surface area contributed by atoms with Crippen molar-refractivity contribution in [3.63, 3.8) is 0 Å². The zero-order valence-electron chi connectivity index (χ0n) is 17.8. The van der Waals surface area contributed by atoms with Crippen molar-refractivity contribution in [2.24, 2.45) is 9.98 Å². The summed E-state index contributed by atoms with van der Waals surface area (Å²) in [4.78, 5) is 24.1. The first-order valence-electron chi connectivity index (χ1n) is 10.3. The number of benzene rings is 3. The van der Waals surface area contributed by atoms with Crippen LogP contribution in [0.25, 0.3) is 21.5 Å². The Morgan fingerprint density at radius 1 is 1.00 bits per heavy atom. The van der Waals surface area contributed by atoms with Crippen LogP contribution in [0.5, 0.6) is 5.88 Å². The van der Waals surface area contributed by atoms with E-state index in [1.807, 2.05) is 19.0 Å². The monoisotopic (exact) mass is 452 g/mol. The zero-order valence-corrected chi connectivity index (χ0v) is 17.8. The molecule has 168 valence electrons. The Hall–Kier alpha value is -3.72. The Balaban J connectivity index is 1.70. The maximum atomic E-state index is 13.1. The maximum Gasteiger partial charge on any atom is 0.416 e. The molecule has 3 aromatic carbocycles. The molecule has 9 heteroatoms. The van der Waals surface area contributed by atoms with Gasteiger partial charge in [0.25, 0.3) is 5.56 Å². The molecule has 0 saturated heterocycles. The van der Waals surface area contributed by atoms with E-state index in [4.69, 9.17) is 0 Å². The summed E-state index contributed by atoms with van der Waals surface area (Å²) >= 11 is 0. The second-order valence-corrected chi connectivity index (χ2v) is 8.23. The van der Waals surface area contributed by atoms with Crippen LogP contribution in [0, 0.1) is 0 Å². The van der Waals surface area contributed by atoms with E-state index in [0.717, 1.165) is 12.1 Å². The molecular formula is C24H19F3N4O2. The number of aromatic nitrogens is 1. The Morgan fingerprint density at radius 3 is 2.36 bits per heavy atom. The molecule has 0 atom stereocenters. The number of aliphatic imine (C=N–C) groups is 1. The average molecular weight is 452 g/mol. The fourth-order valence-corrected chi connectivity index (χ4v) is 4.09. The quantitative estimate of drug-likeness (QED) is 0.511. The lowest BCUT2D eigenvalue weighted by molar-refractivity contribution is -0.137. The number of hydrogen-bond acceptors (Lipinski definition) is 5. The molecule has 0 saturated carbocycles. The summed E-state index contributed by atoms with van der Waals surface area (Å²) in [5.74, 6) is 0.128. The fourth-order valence-electron chi connectivity index (χ4n) is 4.09. The smallest absolute Gasteiger partial charge is 0.416 e. The summed E-state index contributed by atoms with van der Waals surface area (Å²) in [5, 5.41) is 13.7. The molecule has 2 heterocycles. The van der Waals surface area contributed by atoms with Crippen LogP contribution < -0.4 is 10.9 Å². The third kappa shape index (κ3) is 3.45. The molecule has 0 aliphatic carbocycles. The van der Waals surface area contributed by atoms with Crippen LogP contribution in [0.4, 0.5) is 18.9 Å². The van der Waals surface area contributed by atoms with Gasteiger partial charge in [-0.1, -0.05) is 24.3 Å². The first-order valence-corrected chi connectivity index (χ1v) is 10.3. The number of aromatic hydroxyl groups is 1. The van der Waals surface area contributed by atoms with Crippen molar-refractivity contribution in [1.29, 1.82) is 0 Å². The maximum absolute atomic E-state index is 13.1. The number of likely N-dealkylation sites (N-methyl/N-ethyl adjacent to an activating group) is 1. The normalized spacial score (nSPS) is 13.6. The molecule has 1 aliphatic rings. The van der Waals surface area contributed by atoms with E-state index < -0.39 is 11.7 Å². The van der Waals surface area contributed by atoms with Gasteiger partial charge in [-0.15, -0.1) is 0 Å². The molecular weight excluding hydrogens is 433 g/mol. The predicted octanol–water partition coefficient (Wildman–Crippen LogP) is 3.87. The van der Waals surface area contributed by atoms with E-state index >= 15 is 0 Å². The minimum atomic E-state index is -4.43. The molecule has 1 aromatic heterocycles. The summed E-state index contributed by atoms with van der Waals surface area (Å²) in [7, 11) is 3.76. The van der Waals surface area contributed by atoms with Crippen molar-refractivity contribution in [3.8, 4) is 5.88 Å². The van der Waals surface area contributed by atoms with Gasteiger partial charge in [0, 0.05) is 40.2 Å². The van der Waals surface area contributed by atoms with Crippen molar-refractivity contribution in [3.05, 3.63) is 75.4 Å². The standard InChI is InChI=1S/C24H19F3N4O2/c1-30(2)10-11-31-22(32)16-5-3-4-15-19(16)17(23(31)33)12-18-20(15)29-21(28-18)13-6-8-14(9-7-13)24(25,26)27/h3-9,12,33H,10-11H2,1-2H3. The molecule has 33 heavy (non-hydrogen) atoms. The zero-order chi connectivity index (χ0) is 23.5. The van der Waals surface area contributed by atoms with Gasteiger partial charge in [0.1, 0.15) is 0 Å². The molecule has 0 radical (unpaired) electrons. The Bertz CT molecular complexity index is 1550. The Labute approximate surface area is 185 Å². The summed E-state index contributed by atoms with van der Waals surface area (Å²) < 4.78 is 40.0. The number of hydrogen-bond donors (Lipinski definition) is 1. The van der Waals surface area contributed by atoms with E-state index in [0.29, 0.717) is 51.2 Å². The van der Waals surface area contributed by atoms with Gasteiger partial charge in [0.2, 0.25) is 5.88 Å². The molecule has 4 aromatic rings. The molecule has 1 N–H and O–H groups in total. The number of fused-ring (bicyclic) bond motifs is 2. The van der Waals surface area contributed by atoms with Crippen LogP contribution >= 0.6 is 0 Å². The van der Waals surface area contributed by atoms with Gasteiger partial charge in [-0.25, -0.2) is 9.98 Å². The largest absolute Gasteiger partial charge is 0.494 e. The SMILES string of the molecule is CN(C)CCn1c(O)c2cc3c(c4cccc(c1=O)c24)=NC(c1ccc(C(F)(F)F)cc1)=N3. The highest BCUT2D eigenvalue weighted by Gasteiger charge is 2.30. The van der Waals surface area contributed by atoms with E-state index in [2.05, 4.69) is 9.98 Å². The van der Waals surface area contributed by atoms with Crippen LogP contribution in [-0.2, 0) is 12.7 Å². The molecule has 0 unspecified atom stereocenters. The van der Waals surface area contributed by atoms with E-state index in [-0.39, 0.29) is 17.3 Å². The van der Waals surface area contributed by atoms with Gasteiger partial charge in [-0.3, -0.25) is 9.36 Å². The lowest BCUT2D eigenvalue weighted by atomic mass is 10.0. The topological polar surface area (TPSA) is 70.2 Å². The molecule has 0 bridgehead atoms. The van der Waals surface area contributed by atoms with Gasteiger partial charge in [-0.05, 0) is 38.4 Å². The highest BCUT2D eigenvalue weighted by atomic mass is 19.4. The highest BCUT2D eigenvalue weighted by molar-refractivity contribution is 6.14. The summed E-state index contributed by atoms with van der Waals surface area (Å²) in [6, 6.07) is 11.6. The van der Waals surface area contributed by atoms with Crippen molar-refractivity contribution >= 4 is 33.1 Å². The molecule has 0 fully saturated rings. The number of amidine groups is 1. The van der Waals surface area contributed by atoms with Gasteiger partial charge >= 0.3 is 6.18 Å². The number of alkyl halides is 3. The van der Waals surface area contributed by atoms with Crippen molar-refractivity contribution in [1.82, 2.24) is 9.47 Å². The minimum Gasteiger partial charge on any atom is -0.494 e. The van der Waals surface area contributed by atoms with Crippen molar-refractivity contribution in [2.75, 3.05) is 20.6 Å². The average Bonchev–Trinajstić information content (AvgIpc) is 3.21. The molecule has 6 nitrogen and oxygen atoms in total. The van der Waals surface area contributed by atoms with E-state index in [9.17, 15) is 23.1 Å². The fraction of sp³-hybridized carbons (Fsp3) is 0.208. The van der Waals surface area contributed by atoms with Crippen LogP contribution in [0.15, 0.2) is 63.3 Å². The minimum absolute atomic E-state index is 0.147. The van der Waals surface area contributed by atoms with Crippen LogP contribution in [0.3, 0.4) is 0 Å². The summed E-state index contributed by atoms with van der Waals surface area (Å²) in [6.07, 6.45) is -4.43. The van der Waals surface area contributed by atoms with Gasteiger partial charge in [-0.2, -0.15) is 13.2 Å². The molecule has 1 aliphatic heterocycles. The van der Waals surface area contributed by atoms with Crippen LogP contribution in [0.1, 0.15) is 11.1 Å². The third-order valence-electron chi connectivity index (χ3n) is 5.77. The van der Waals surface area contributed by atoms with Gasteiger partial charge in [0.15, 0.2) is 5.84 Å². The number of nitrogens with zero attached hydrogens (tertiary/aromatic N) is 4. The van der Waals surface area contributed by atoms with Gasteiger partial charge < -0.3 is 10.0 Å². The Morgan fingerprint density at radius 2 is 1.70 bits per heavy atom. The highest BCUT2D eigenvalue weighted by Crippen LogP contribution is 2.34. The molecule has 5 rings (SSSR count).